The van der Waals surface area contributed by atoms with Gasteiger partial charge < -0.3 is 30.5 Å². The van der Waals surface area contributed by atoms with Gasteiger partial charge in [0, 0.05) is 13.1 Å². The zero-order valence-electron chi connectivity index (χ0n) is 17.7. The van der Waals surface area contributed by atoms with E-state index in [1.807, 2.05) is 6.92 Å². The van der Waals surface area contributed by atoms with Crippen molar-refractivity contribution < 1.29 is 49.1 Å². The molecule has 12 heteroatoms. The van der Waals surface area contributed by atoms with Crippen LogP contribution in [-0.4, -0.2) is 81.4 Å². The Morgan fingerprint density at radius 3 is 1.88 bits per heavy atom. The van der Waals surface area contributed by atoms with Crippen molar-refractivity contribution in [3.63, 3.8) is 0 Å². The van der Waals surface area contributed by atoms with Gasteiger partial charge in [-0.25, -0.2) is 19.2 Å². The van der Waals surface area contributed by atoms with Gasteiger partial charge >= 0.3 is 29.8 Å². The Bertz CT molecular complexity index is 727. The number of carbonyl (C=O) groups excluding carboxylic acids is 1. The minimum atomic E-state index is -1.82. The second kappa shape index (κ2) is 16.2. The molecule has 1 aromatic carbocycles. The number of ether oxygens (including phenoxy) is 1. The number of esters is 1. The Balaban J connectivity index is 0.000000662. The van der Waals surface area contributed by atoms with E-state index in [1.165, 1.54) is 37.1 Å². The number of carboxylic acids is 4. The molecule has 1 aliphatic heterocycles. The number of hydrogen-bond acceptors (Lipinski definition) is 8. The molecule has 5 N–H and O–H groups in total. The molecule has 0 unspecified atom stereocenters. The van der Waals surface area contributed by atoms with Gasteiger partial charge in [0.15, 0.2) is 0 Å². The van der Waals surface area contributed by atoms with Crippen molar-refractivity contribution in [2.45, 2.75) is 32.9 Å². The van der Waals surface area contributed by atoms with Crippen LogP contribution in [0.4, 0.5) is 0 Å². The molecule has 1 fully saturated rings. The maximum atomic E-state index is 11.2. The van der Waals surface area contributed by atoms with Gasteiger partial charge in [-0.2, -0.15) is 0 Å². The fourth-order valence-corrected chi connectivity index (χ4v) is 2.56. The van der Waals surface area contributed by atoms with Crippen LogP contribution in [-0.2, 0) is 41.8 Å². The van der Waals surface area contributed by atoms with Gasteiger partial charge in [0.25, 0.3) is 0 Å². The number of benzene rings is 1. The number of aliphatic carboxylic acids is 4. The number of carbonyl (C=O) groups is 5. The Labute approximate surface area is 184 Å². The third-order valence-corrected chi connectivity index (χ3v) is 3.87. The van der Waals surface area contributed by atoms with E-state index in [2.05, 4.69) is 34.5 Å². The maximum absolute atomic E-state index is 11.2. The molecule has 0 saturated carbocycles. The fraction of sp³-hybridized carbons (Fsp3) is 0.450. The number of nitrogens with zero attached hydrogens (tertiary/aromatic N) is 1. The van der Waals surface area contributed by atoms with Gasteiger partial charge in [-0.1, -0.05) is 24.3 Å². The van der Waals surface area contributed by atoms with Crippen molar-refractivity contribution in [1.29, 1.82) is 0 Å². The van der Waals surface area contributed by atoms with Crippen molar-refractivity contribution in [3.05, 3.63) is 35.4 Å². The molecular formula is C20H28N2O10. The van der Waals surface area contributed by atoms with Crippen molar-refractivity contribution in [2.75, 3.05) is 26.2 Å². The average Bonchev–Trinajstić information content (AvgIpc) is 3.22. The van der Waals surface area contributed by atoms with Crippen molar-refractivity contribution in [1.82, 2.24) is 10.2 Å². The second-order valence-corrected chi connectivity index (χ2v) is 6.43. The third kappa shape index (κ3) is 14.5. The first-order valence-electron chi connectivity index (χ1n) is 9.65. The Morgan fingerprint density at radius 1 is 0.906 bits per heavy atom. The lowest BCUT2D eigenvalue weighted by atomic mass is 10.1. The summed E-state index contributed by atoms with van der Waals surface area (Å²) in [4.78, 5) is 50.1. The Hall–Kier alpha value is -3.51. The molecule has 0 bridgehead atoms. The van der Waals surface area contributed by atoms with Crippen LogP contribution in [0.25, 0.3) is 0 Å². The van der Waals surface area contributed by atoms with E-state index < -0.39 is 23.9 Å². The average molecular weight is 456 g/mol. The highest BCUT2D eigenvalue weighted by Crippen LogP contribution is 2.13. The number of rotatable bonds is 7. The van der Waals surface area contributed by atoms with Crippen molar-refractivity contribution >= 4 is 29.8 Å². The molecule has 1 aromatic rings. The number of likely N-dealkylation sites (tertiary alicyclic amines) is 1. The maximum Gasteiger partial charge on any atom is 0.414 e. The standard InChI is InChI=1S/C16H24N2O2.2C2H2O4/c1-2-20-16(19)12-17-11-14-6-5-7-15(10-14)13-18-8-3-4-9-18;2*3-1(4)2(5)6/h5-7,10,17H,2-4,8-9,11-13H2,1H3;2*(H,3,4)(H,5,6). The first-order valence-corrected chi connectivity index (χ1v) is 9.65. The predicted octanol–water partition coefficient (Wildman–Crippen LogP) is 0.246. The molecule has 1 saturated heterocycles. The SMILES string of the molecule is CCOC(=O)CNCc1cccc(CN2CCCC2)c1.O=C(O)C(=O)O.O=C(O)C(=O)O. The van der Waals surface area contributed by atoms with Crippen LogP contribution in [0.1, 0.15) is 30.9 Å². The van der Waals surface area contributed by atoms with Crippen molar-refractivity contribution in [2.24, 2.45) is 0 Å². The molecule has 178 valence electrons. The summed E-state index contributed by atoms with van der Waals surface area (Å²) in [5.74, 6) is -7.49. The molecule has 32 heavy (non-hydrogen) atoms. The topological polar surface area (TPSA) is 191 Å². The second-order valence-electron chi connectivity index (χ2n) is 6.43. The van der Waals surface area contributed by atoms with E-state index in [1.54, 1.807) is 0 Å². The zero-order chi connectivity index (χ0) is 24.5. The molecule has 0 amide bonds. The molecule has 0 spiro atoms. The lowest BCUT2D eigenvalue weighted by Crippen LogP contribution is -2.24. The monoisotopic (exact) mass is 456 g/mol. The molecule has 0 aromatic heterocycles. The van der Waals surface area contributed by atoms with E-state index >= 15 is 0 Å². The summed E-state index contributed by atoms with van der Waals surface area (Å²) in [6.45, 7) is 6.69. The summed E-state index contributed by atoms with van der Waals surface area (Å²) in [6.07, 6.45) is 2.64. The molecule has 0 atom stereocenters. The predicted molar refractivity (Wildman–Crippen MR) is 110 cm³/mol. The third-order valence-electron chi connectivity index (χ3n) is 3.87. The minimum absolute atomic E-state index is 0.194. The molecule has 1 heterocycles. The fourth-order valence-electron chi connectivity index (χ4n) is 2.56. The summed E-state index contributed by atoms with van der Waals surface area (Å²) in [6, 6.07) is 8.57. The molecule has 12 nitrogen and oxygen atoms in total. The quantitative estimate of drug-likeness (QED) is 0.278. The molecule has 1 aliphatic rings. The minimum Gasteiger partial charge on any atom is -0.473 e. The first kappa shape index (κ1) is 28.5. The van der Waals surface area contributed by atoms with Crippen LogP contribution in [0.5, 0.6) is 0 Å². The lowest BCUT2D eigenvalue weighted by Gasteiger charge is -2.15. The van der Waals surface area contributed by atoms with E-state index in [-0.39, 0.29) is 12.5 Å². The number of carboxylic acid groups (broad SMARTS) is 4. The van der Waals surface area contributed by atoms with Gasteiger partial charge in [-0.15, -0.1) is 0 Å². The van der Waals surface area contributed by atoms with E-state index in [9.17, 15) is 4.79 Å². The molecular weight excluding hydrogens is 428 g/mol. The van der Waals surface area contributed by atoms with Crippen LogP contribution in [0.2, 0.25) is 0 Å². The van der Waals surface area contributed by atoms with E-state index in [0.29, 0.717) is 13.2 Å². The highest BCUT2D eigenvalue weighted by molar-refractivity contribution is 6.27. The van der Waals surface area contributed by atoms with Gasteiger partial charge in [-0.3, -0.25) is 9.69 Å². The van der Waals surface area contributed by atoms with Gasteiger partial charge in [0.05, 0.1) is 13.2 Å². The smallest absolute Gasteiger partial charge is 0.414 e. The van der Waals surface area contributed by atoms with E-state index in [0.717, 1.165) is 6.54 Å². The summed E-state index contributed by atoms with van der Waals surface area (Å²) in [5.41, 5.74) is 2.56. The molecule has 0 aliphatic carbocycles. The van der Waals surface area contributed by atoms with Gasteiger partial charge in [0.1, 0.15) is 0 Å². The summed E-state index contributed by atoms with van der Waals surface area (Å²) in [5, 5.41) is 32.7. The molecule has 2 rings (SSSR count). The Morgan fingerprint density at radius 2 is 1.41 bits per heavy atom. The van der Waals surface area contributed by atoms with Crippen LogP contribution in [0.3, 0.4) is 0 Å². The number of hydrogen-bond donors (Lipinski definition) is 5. The van der Waals surface area contributed by atoms with Crippen molar-refractivity contribution in [3.8, 4) is 0 Å². The van der Waals surface area contributed by atoms with E-state index in [4.69, 9.17) is 44.3 Å². The van der Waals surface area contributed by atoms with Crippen LogP contribution >= 0.6 is 0 Å². The first-order chi connectivity index (χ1) is 15.1. The highest BCUT2D eigenvalue weighted by atomic mass is 16.5. The van der Waals surface area contributed by atoms with Gasteiger partial charge in [0.2, 0.25) is 0 Å². The summed E-state index contributed by atoms with van der Waals surface area (Å²) < 4.78 is 4.88. The highest BCUT2D eigenvalue weighted by Gasteiger charge is 2.11. The largest absolute Gasteiger partial charge is 0.473 e. The number of nitrogens with one attached hydrogen (secondary N) is 1. The zero-order valence-corrected chi connectivity index (χ0v) is 17.7. The summed E-state index contributed by atoms with van der Waals surface area (Å²) in [7, 11) is 0. The molecule has 0 radical (unpaired) electrons. The van der Waals surface area contributed by atoms with Crippen LogP contribution in [0.15, 0.2) is 24.3 Å². The summed E-state index contributed by atoms with van der Waals surface area (Å²) >= 11 is 0. The van der Waals surface area contributed by atoms with Crippen LogP contribution in [0, 0.1) is 0 Å². The normalized spacial score (nSPS) is 12.4. The van der Waals surface area contributed by atoms with Crippen LogP contribution < -0.4 is 5.32 Å². The lowest BCUT2D eigenvalue weighted by molar-refractivity contribution is -0.159. The Kier molecular flexibility index (Phi) is 14.4. The van der Waals surface area contributed by atoms with Gasteiger partial charge in [-0.05, 0) is 44.0 Å².